The Morgan fingerprint density at radius 1 is 1.09 bits per heavy atom. The Morgan fingerprint density at radius 3 is 2.09 bits per heavy atom. The van der Waals surface area contributed by atoms with Crippen molar-refractivity contribution in [3.63, 3.8) is 0 Å². The van der Waals surface area contributed by atoms with Crippen LogP contribution in [0.2, 0.25) is 0 Å². The van der Waals surface area contributed by atoms with Crippen molar-refractivity contribution in [1.29, 1.82) is 0 Å². The second-order valence-electron chi connectivity index (χ2n) is 5.77. The first-order chi connectivity index (χ1) is 10.3. The van der Waals surface area contributed by atoms with Crippen molar-refractivity contribution in [2.75, 3.05) is 31.1 Å². The smallest absolute Gasteiger partial charge is 0.264 e. The number of carbonyl (C=O) groups excluding carboxylic acids is 1. The van der Waals surface area contributed by atoms with Crippen molar-refractivity contribution in [1.82, 2.24) is 9.62 Å². The highest BCUT2D eigenvalue weighted by molar-refractivity contribution is 7.90. The summed E-state index contributed by atoms with van der Waals surface area (Å²) >= 11 is 0. The van der Waals surface area contributed by atoms with E-state index < -0.39 is 15.9 Å². The van der Waals surface area contributed by atoms with Gasteiger partial charge in [0.1, 0.15) is 0 Å². The van der Waals surface area contributed by atoms with Crippen LogP contribution in [-0.4, -0.2) is 51.4 Å². The highest BCUT2D eigenvalue weighted by atomic mass is 32.2. The summed E-state index contributed by atoms with van der Waals surface area (Å²) in [7, 11) is -3.75. The molecule has 1 aliphatic heterocycles. The molecule has 0 saturated carbocycles. The lowest BCUT2D eigenvalue weighted by atomic mass is 10.2. The van der Waals surface area contributed by atoms with Gasteiger partial charge in [0.2, 0.25) is 5.91 Å². The first-order valence-electron chi connectivity index (χ1n) is 7.42. The van der Waals surface area contributed by atoms with Gasteiger partial charge in [0.05, 0.1) is 4.90 Å². The zero-order valence-electron chi connectivity index (χ0n) is 13.2. The largest absolute Gasteiger partial charge is 0.369 e. The van der Waals surface area contributed by atoms with E-state index in [1.54, 1.807) is 12.1 Å². The Kier molecular flexibility index (Phi) is 5.08. The summed E-state index contributed by atoms with van der Waals surface area (Å²) in [6, 6.07) is 7.21. The Labute approximate surface area is 132 Å². The normalized spacial score (nSPS) is 16.8. The van der Waals surface area contributed by atoms with Crippen molar-refractivity contribution in [2.45, 2.75) is 31.7 Å². The van der Waals surface area contributed by atoms with Gasteiger partial charge in [0.25, 0.3) is 10.0 Å². The molecule has 0 aliphatic carbocycles. The molecule has 7 heteroatoms. The van der Waals surface area contributed by atoms with E-state index >= 15 is 0 Å². The molecule has 1 aromatic carbocycles. The first-order valence-corrected chi connectivity index (χ1v) is 8.90. The molecule has 1 saturated heterocycles. The summed E-state index contributed by atoms with van der Waals surface area (Å²) < 4.78 is 25.8. The fourth-order valence-electron chi connectivity index (χ4n) is 2.58. The van der Waals surface area contributed by atoms with E-state index in [1.165, 1.54) is 19.1 Å². The number of sulfonamides is 1. The van der Waals surface area contributed by atoms with Gasteiger partial charge in [-0.05, 0) is 38.1 Å². The third-order valence-corrected chi connectivity index (χ3v) is 5.28. The van der Waals surface area contributed by atoms with Gasteiger partial charge in [-0.2, -0.15) is 0 Å². The van der Waals surface area contributed by atoms with Crippen molar-refractivity contribution >= 4 is 21.6 Å². The third kappa shape index (κ3) is 3.98. The van der Waals surface area contributed by atoms with Crippen molar-refractivity contribution in [2.24, 2.45) is 0 Å². The molecule has 0 unspecified atom stereocenters. The molecule has 2 rings (SSSR count). The highest BCUT2D eigenvalue weighted by Gasteiger charge is 2.20. The van der Waals surface area contributed by atoms with Crippen LogP contribution in [-0.2, 0) is 14.8 Å². The summed E-state index contributed by atoms with van der Waals surface area (Å²) in [5, 5.41) is 0. The highest BCUT2D eigenvalue weighted by Crippen LogP contribution is 2.20. The molecular formula is C15H23N3O3S. The molecular weight excluding hydrogens is 302 g/mol. The van der Waals surface area contributed by atoms with E-state index in [9.17, 15) is 13.2 Å². The van der Waals surface area contributed by atoms with Gasteiger partial charge in [0, 0.05) is 44.8 Å². The van der Waals surface area contributed by atoms with Crippen LogP contribution in [0.1, 0.15) is 20.8 Å². The van der Waals surface area contributed by atoms with Crippen molar-refractivity contribution in [3.8, 4) is 0 Å². The zero-order chi connectivity index (χ0) is 16.3. The second kappa shape index (κ2) is 6.66. The first kappa shape index (κ1) is 16.8. The molecule has 1 amide bonds. The van der Waals surface area contributed by atoms with E-state index in [0.717, 1.165) is 31.9 Å². The summed E-state index contributed by atoms with van der Waals surface area (Å²) in [6.07, 6.45) is 0. The minimum atomic E-state index is -3.75. The van der Waals surface area contributed by atoms with Gasteiger partial charge in [-0.1, -0.05) is 0 Å². The molecule has 1 heterocycles. The number of amides is 1. The molecule has 0 spiro atoms. The number of piperazine rings is 1. The number of benzene rings is 1. The lowest BCUT2D eigenvalue weighted by Gasteiger charge is -2.38. The minimum absolute atomic E-state index is 0.104. The van der Waals surface area contributed by atoms with E-state index in [2.05, 4.69) is 23.6 Å². The molecule has 122 valence electrons. The Hall–Kier alpha value is -1.60. The van der Waals surface area contributed by atoms with E-state index in [4.69, 9.17) is 0 Å². The van der Waals surface area contributed by atoms with Gasteiger partial charge in [0.15, 0.2) is 0 Å². The molecule has 1 N–H and O–H groups in total. The lowest BCUT2D eigenvalue weighted by molar-refractivity contribution is -0.117. The van der Waals surface area contributed by atoms with Crippen LogP contribution >= 0.6 is 0 Å². The number of hydrogen-bond acceptors (Lipinski definition) is 5. The maximum absolute atomic E-state index is 11.9. The Morgan fingerprint density at radius 2 is 1.64 bits per heavy atom. The van der Waals surface area contributed by atoms with Gasteiger partial charge < -0.3 is 4.90 Å². The second-order valence-corrected chi connectivity index (χ2v) is 7.45. The summed E-state index contributed by atoms with van der Waals surface area (Å²) in [4.78, 5) is 15.7. The SMILES string of the molecule is CC(=O)NS(=O)(=O)c1ccc(N2CCN(C(C)C)CC2)cc1. The van der Waals surface area contributed by atoms with Gasteiger partial charge in [-0.3, -0.25) is 9.69 Å². The molecule has 22 heavy (non-hydrogen) atoms. The number of anilines is 1. The van der Waals surface area contributed by atoms with Crippen LogP contribution in [0.4, 0.5) is 5.69 Å². The van der Waals surface area contributed by atoms with E-state index in [0.29, 0.717) is 6.04 Å². The monoisotopic (exact) mass is 325 g/mol. The minimum Gasteiger partial charge on any atom is -0.369 e. The predicted molar refractivity (Wildman–Crippen MR) is 86.4 cm³/mol. The van der Waals surface area contributed by atoms with Crippen LogP contribution in [0.3, 0.4) is 0 Å². The number of nitrogens with one attached hydrogen (secondary N) is 1. The van der Waals surface area contributed by atoms with Gasteiger partial charge in [-0.15, -0.1) is 0 Å². The van der Waals surface area contributed by atoms with Crippen LogP contribution < -0.4 is 9.62 Å². The molecule has 1 aliphatic rings. The molecule has 0 atom stereocenters. The van der Waals surface area contributed by atoms with Gasteiger partial charge >= 0.3 is 0 Å². The summed E-state index contributed by atoms with van der Waals surface area (Å²) in [5.41, 5.74) is 1.00. The quantitative estimate of drug-likeness (QED) is 0.896. The molecule has 6 nitrogen and oxygen atoms in total. The average molecular weight is 325 g/mol. The predicted octanol–water partition coefficient (Wildman–Crippen LogP) is 1.04. The number of nitrogens with zero attached hydrogens (tertiary/aromatic N) is 2. The Balaban J connectivity index is 2.06. The molecule has 1 fully saturated rings. The maximum atomic E-state index is 11.9. The maximum Gasteiger partial charge on any atom is 0.264 e. The standard InChI is InChI=1S/C15H23N3O3S/c1-12(2)17-8-10-18(11-9-17)14-4-6-15(7-5-14)22(20,21)16-13(3)19/h4-7,12H,8-11H2,1-3H3,(H,16,19). The number of carbonyl (C=O) groups is 1. The molecule has 0 aromatic heterocycles. The fourth-order valence-corrected chi connectivity index (χ4v) is 3.57. The van der Waals surface area contributed by atoms with Crippen molar-refractivity contribution in [3.05, 3.63) is 24.3 Å². The van der Waals surface area contributed by atoms with Gasteiger partial charge in [-0.25, -0.2) is 13.1 Å². The van der Waals surface area contributed by atoms with Crippen LogP contribution in [0, 0.1) is 0 Å². The van der Waals surface area contributed by atoms with E-state index in [1.807, 2.05) is 4.72 Å². The molecule has 0 bridgehead atoms. The summed E-state index contributed by atoms with van der Waals surface area (Å²) in [5.74, 6) is -0.589. The summed E-state index contributed by atoms with van der Waals surface area (Å²) in [6.45, 7) is 9.42. The Bertz CT molecular complexity index is 618. The third-order valence-electron chi connectivity index (χ3n) is 3.83. The molecule has 0 radical (unpaired) electrons. The average Bonchev–Trinajstić information content (AvgIpc) is 2.46. The van der Waals surface area contributed by atoms with E-state index in [-0.39, 0.29) is 4.90 Å². The number of rotatable bonds is 4. The fraction of sp³-hybridized carbons (Fsp3) is 0.533. The lowest BCUT2D eigenvalue weighted by Crippen LogP contribution is -2.48. The topological polar surface area (TPSA) is 69.7 Å². The van der Waals surface area contributed by atoms with Crippen LogP contribution in [0.15, 0.2) is 29.2 Å². The van der Waals surface area contributed by atoms with Crippen LogP contribution in [0.25, 0.3) is 0 Å². The zero-order valence-corrected chi connectivity index (χ0v) is 14.1. The van der Waals surface area contributed by atoms with Crippen molar-refractivity contribution < 1.29 is 13.2 Å². The van der Waals surface area contributed by atoms with Crippen LogP contribution in [0.5, 0.6) is 0 Å². The molecule has 1 aromatic rings. The number of hydrogen-bond donors (Lipinski definition) is 1.